The second kappa shape index (κ2) is 6.89. The van der Waals surface area contributed by atoms with Crippen molar-refractivity contribution in [1.82, 2.24) is 0 Å². The molecule has 0 bridgehead atoms. The molecule has 1 aliphatic heterocycles. The number of aromatic amines is 1. The maximum Gasteiger partial charge on any atom is 0.306 e. The lowest BCUT2D eigenvalue weighted by molar-refractivity contribution is -0.360. The summed E-state index contributed by atoms with van der Waals surface area (Å²) >= 11 is 5.79. The lowest BCUT2D eigenvalue weighted by atomic mass is 9.89. The van der Waals surface area contributed by atoms with Crippen molar-refractivity contribution >= 4 is 29.2 Å². The van der Waals surface area contributed by atoms with E-state index in [0.29, 0.717) is 30.1 Å². The van der Waals surface area contributed by atoms with Crippen LogP contribution in [0.15, 0.2) is 18.3 Å². The van der Waals surface area contributed by atoms with E-state index in [2.05, 4.69) is 17.2 Å². The summed E-state index contributed by atoms with van der Waals surface area (Å²) in [5.41, 5.74) is -0.938. The minimum Gasteiger partial charge on any atom is -0.451 e. The number of rotatable bonds is 7. The lowest BCUT2D eigenvalue weighted by Gasteiger charge is -2.25. The molecule has 114 valence electrons. The monoisotopic (exact) mass is 311 g/mol. The maximum atomic E-state index is 12.5. The average molecular weight is 312 g/mol. The van der Waals surface area contributed by atoms with Gasteiger partial charge in [0.2, 0.25) is 5.78 Å². The predicted molar refractivity (Wildman–Crippen MR) is 79.1 cm³/mol. The molecule has 1 unspecified atom stereocenters. The Kier molecular flexibility index (Phi) is 5.17. The summed E-state index contributed by atoms with van der Waals surface area (Å²) < 4.78 is 5.36. The van der Waals surface area contributed by atoms with Crippen LogP contribution in [0.2, 0.25) is 5.02 Å². The Bertz CT molecular complexity index is 518. The molecule has 0 saturated carbocycles. The molecule has 5 nitrogen and oxygen atoms in total. The maximum absolute atomic E-state index is 12.5. The highest BCUT2D eigenvalue weighted by Gasteiger charge is 2.46. The molecule has 2 heterocycles. The standard InChI is InChI=1S/C15H19ClN2O3/c1-2-3-7-15(8-6-14(20)21-15)12(19)10-18-13-5-4-11(16)9-17-13/h4-5,9H,2-3,6-8,10H2,1H3,(H,17,18)/p+1. The normalized spacial score (nSPS) is 21.1. The number of halogens is 1. The minimum atomic E-state index is -0.938. The van der Waals surface area contributed by atoms with Crippen LogP contribution in [0.5, 0.6) is 0 Å². The van der Waals surface area contributed by atoms with Crippen molar-refractivity contribution in [2.75, 3.05) is 11.9 Å². The average Bonchev–Trinajstić information content (AvgIpc) is 2.87. The van der Waals surface area contributed by atoms with E-state index < -0.39 is 5.60 Å². The van der Waals surface area contributed by atoms with Gasteiger partial charge in [-0.2, -0.15) is 0 Å². The van der Waals surface area contributed by atoms with E-state index in [-0.39, 0.29) is 18.3 Å². The number of anilines is 1. The van der Waals surface area contributed by atoms with Gasteiger partial charge in [-0.25, -0.2) is 4.98 Å². The van der Waals surface area contributed by atoms with Crippen molar-refractivity contribution in [2.45, 2.75) is 44.6 Å². The number of pyridine rings is 1. The Morgan fingerprint density at radius 3 is 2.90 bits per heavy atom. The molecule has 0 aliphatic carbocycles. The van der Waals surface area contributed by atoms with Crippen LogP contribution in [-0.2, 0) is 14.3 Å². The van der Waals surface area contributed by atoms with Gasteiger partial charge in [-0.1, -0.05) is 24.9 Å². The quantitative estimate of drug-likeness (QED) is 0.785. The second-order valence-corrected chi connectivity index (χ2v) is 5.71. The van der Waals surface area contributed by atoms with Gasteiger partial charge < -0.3 is 4.74 Å². The van der Waals surface area contributed by atoms with Crippen LogP contribution < -0.4 is 10.3 Å². The third kappa shape index (κ3) is 3.94. The van der Waals surface area contributed by atoms with E-state index in [1.54, 1.807) is 18.3 Å². The molecule has 1 aromatic rings. The summed E-state index contributed by atoms with van der Waals surface area (Å²) in [6.45, 7) is 2.17. The first-order valence-electron chi connectivity index (χ1n) is 7.22. The first-order chi connectivity index (χ1) is 10.1. The number of cyclic esters (lactones) is 1. The number of unbranched alkanes of at least 4 members (excludes halogenated alkanes) is 1. The summed E-state index contributed by atoms with van der Waals surface area (Å²) in [7, 11) is 0. The van der Waals surface area contributed by atoms with Crippen molar-refractivity contribution in [3.05, 3.63) is 23.4 Å². The Morgan fingerprint density at radius 1 is 1.52 bits per heavy atom. The molecular weight excluding hydrogens is 292 g/mol. The van der Waals surface area contributed by atoms with Gasteiger partial charge in [-0.3, -0.25) is 14.9 Å². The summed E-state index contributed by atoms with van der Waals surface area (Å²) in [6, 6.07) is 3.49. The van der Waals surface area contributed by atoms with E-state index in [0.717, 1.165) is 12.8 Å². The van der Waals surface area contributed by atoms with E-state index in [1.807, 2.05) is 0 Å². The smallest absolute Gasteiger partial charge is 0.306 e. The molecule has 1 aliphatic rings. The fraction of sp³-hybridized carbons (Fsp3) is 0.533. The Morgan fingerprint density at radius 2 is 2.33 bits per heavy atom. The van der Waals surface area contributed by atoms with E-state index in [4.69, 9.17) is 16.3 Å². The minimum absolute atomic E-state index is 0.0786. The third-order valence-corrected chi connectivity index (χ3v) is 3.93. The number of hydrogen-bond acceptors (Lipinski definition) is 4. The molecule has 0 spiro atoms. The number of ether oxygens (including phenoxy) is 1. The summed E-state index contributed by atoms with van der Waals surface area (Å²) in [6.07, 6.45) is 4.87. The fourth-order valence-electron chi connectivity index (χ4n) is 2.45. The van der Waals surface area contributed by atoms with Gasteiger partial charge in [0.05, 0.1) is 5.02 Å². The topological polar surface area (TPSA) is 69.5 Å². The largest absolute Gasteiger partial charge is 0.451 e. The van der Waals surface area contributed by atoms with Gasteiger partial charge in [-0.15, -0.1) is 0 Å². The van der Waals surface area contributed by atoms with Crippen molar-refractivity contribution in [2.24, 2.45) is 0 Å². The number of Topliss-reactive ketones (excluding diaryl/α,β-unsaturated/α-hetero) is 1. The Balaban J connectivity index is 1.98. The highest BCUT2D eigenvalue weighted by molar-refractivity contribution is 6.30. The molecule has 1 saturated heterocycles. The molecule has 6 heteroatoms. The second-order valence-electron chi connectivity index (χ2n) is 5.27. The third-order valence-electron chi connectivity index (χ3n) is 3.70. The number of nitrogens with one attached hydrogen (secondary N) is 2. The fourth-order valence-corrected chi connectivity index (χ4v) is 2.57. The first kappa shape index (κ1) is 15.8. The summed E-state index contributed by atoms with van der Waals surface area (Å²) in [5.74, 6) is 0.338. The van der Waals surface area contributed by atoms with Gasteiger partial charge in [0.1, 0.15) is 12.7 Å². The zero-order chi connectivity index (χ0) is 15.3. The van der Waals surface area contributed by atoms with Crippen molar-refractivity contribution in [3.8, 4) is 0 Å². The molecule has 1 atom stereocenters. The molecule has 21 heavy (non-hydrogen) atoms. The lowest BCUT2D eigenvalue weighted by Crippen LogP contribution is -2.42. The van der Waals surface area contributed by atoms with Crippen molar-refractivity contribution in [1.29, 1.82) is 0 Å². The van der Waals surface area contributed by atoms with Gasteiger partial charge in [0.25, 0.3) is 5.82 Å². The number of carbonyl (C=O) groups is 2. The molecule has 0 radical (unpaired) electrons. The van der Waals surface area contributed by atoms with Crippen LogP contribution in [0.4, 0.5) is 5.82 Å². The van der Waals surface area contributed by atoms with Crippen LogP contribution >= 0.6 is 11.6 Å². The number of esters is 1. The molecule has 2 rings (SSSR count). The first-order valence-corrected chi connectivity index (χ1v) is 7.60. The zero-order valence-corrected chi connectivity index (χ0v) is 12.8. The number of aromatic nitrogens is 1. The van der Waals surface area contributed by atoms with Gasteiger partial charge in [-0.05, 0) is 18.9 Å². The van der Waals surface area contributed by atoms with E-state index in [9.17, 15) is 9.59 Å². The van der Waals surface area contributed by atoms with Gasteiger partial charge in [0.15, 0.2) is 5.60 Å². The van der Waals surface area contributed by atoms with Gasteiger partial charge in [0, 0.05) is 18.9 Å². The number of ketones is 1. The predicted octanol–water partition coefficient (Wildman–Crippen LogP) is 2.40. The van der Waals surface area contributed by atoms with Crippen LogP contribution in [0.25, 0.3) is 0 Å². The summed E-state index contributed by atoms with van der Waals surface area (Å²) in [4.78, 5) is 26.8. The van der Waals surface area contributed by atoms with Crippen LogP contribution in [-0.4, -0.2) is 23.9 Å². The molecule has 0 amide bonds. The molecular formula is C15H20ClN2O3+. The van der Waals surface area contributed by atoms with E-state index >= 15 is 0 Å². The van der Waals surface area contributed by atoms with Crippen LogP contribution in [0.1, 0.15) is 39.0 Å². The van der Waals surface area contributed by atoms with Crippen LogP contribution in [0, 0.1) is 0 Å². The number of hydrogen-bond donors (Lipinski definition) is 1. The van der Waals surface area contributed by atoms with Crippen LogP contribution in [0.3, 0.4) is 0 Å². The summed E-state index contributed by atoms with van der Waals surface area (Å²) in [5, 5.41) is 3.60. The highest BCUT2D eigenvalue weighted by Crippen LogP contribution is 2.32. The van der Waals surface area contributed by atoms with Crippen molar-refractivity contribution in [3.63, 3.8) is 0 Å². The zero-order valence-electron chi connectivity index (χ0n) is 12.1. The Labute approximate surface area is 129 Å². The van der Waals surface area contributed by atoms with Gasteiger partial charge >= 0.3 is 5.97 Å². The number of carbonyl (C=O) groups excluding carboxylic acids is 2. The Hall–Kier alpha value is -1.62. The SMILES string of the molecule is CCCCC1(C(=O)CNc2ccc(Cl)c[nH+]2)CCC(=O)O1. The highest BCUT2D eigenvalue weighted by atomic mass is 35.5. The molecule has 1 fully saturated rings. The molecule has 1 aromatic heterocycles. The number of H-pyrrole nitrogens is 1. The molecule has 2 N–H and O–H groups in total. The molecule has 0 aromatic carbocycles. The van der Waals surface area contributed by atoms with Crippen molar-refractivity contribution < 1.29 is 19.3 Å². The van der Waals surface area contributed by atoms with E-state index in [1.165, 1.54) is 0 Å².